The molecule has 106 valence electrons. The molecule has 0 radical (unpaired) electrons. The van der Waals surface area contributed by atoms with Crippen molar-refractivity contribution in [2.24, 2.45) is 0 Å². The minimum atomic E-state index is -0.205. The summed E-state index contributed by atoms with van der Waals surface area (Å²) in [5, 5.41) is 9.36. The average molecular weight is 293 g/mol. The van der Waals surface area contributed by atoms with Gasteiger partial charge in [0.25, 0.3) is 0 Å². The van der Waals surface area contributed by atoms with Crippen LogP contribution in [-0.4, -0.2) is 15.1 Å². The average Bonchev–Trinajstić information content (AvgIpc) is 2.38. The van der Waals surface area contributed by atoms with Crippen LogP contribution in [0.15, 0.2) is 30.3 Å². The van der Waals surface area contributed by atoms with Crippen LogP contribution in [0.4, 0.5) is 0 Å². The molecule has 1 aromatic carbocycles. The van der Waals surface area contributed by atoms with Crippen LogP contribution < -0.4 is 4.74 Å². The van der Waals surface area contributed by atoms with Crippen LogP contribution in [0, 0.1) is 0 Å². The zero-order valence-corrected chi connectivity index (χ0v) is 12.5. The van der Waals surface area contributed by atoms with Crippen molar-refractivity contribution in [2.45, 2.75) is 32.8 Å². The number of aliphatic hydroxyl groups excluding tert-OH is 1. The first-order chi connectivity index (χ1) is 9.38. The lowest BCUT2D eigenvalue weighted by Crippen LogP contribution is -2.16. The van der Waals surface area contributed by atoms with Crippen molar-refractivity contribution in [3.8, 4) is 11.6 Å². The number of hydrogen-bond donors (Lipinski definition) is 1. The quantitative estimate of drug-likeness (QED) is 0.876. The monoisotopic (exact) mass is 292 g/mol. The third kappa shape index (κ3) is 3.68. The zero-order valence-electron chi connectivity index (χ0n) is 11.7. The number of ether oxygens (including phenoxy) is 1. The Kier molecular flexibility index (Phi) is 4.26. The summed E-state index contributed by atoms with van der Waals surface area (Å²) in [4.78, 5) is 8.59. The zero-order chi connectivity index (χ0) is 14.8. The molecule has 0 bridgehead atoms. The highest BCUT2D eigenvalue weighted by Gasteiger charge is 2.19. The summed E-state index contributed by atoms with van der Waals surface area (Å²) in [6, 6.07) is 8.72. The van der Waals surface area contributed by atoms with Crippen LogP contribution in [-0.2, 0) is 12.0 Å². The minimum Gasteiger partial charge on any atom is -0.439 e. The molecule has 2 rings (SSSR count). The molecule has 5 heteroatoms. The predicted octanol–water partition coefficient (Wildman–Crippen LogP) is 3.71. The van der Waals surface area contributed by atoms with Crippen molar-refractivity contribution in [2.75, 3.05) is 0 Å². The fourth-order valence-electron chi connectivity index (χ4n) is 1.57. The van der Waals surface area contributed by atoms with E-state index in [0.717, 1.165) is 5.56 Å². The van der Waals surface area contributed by atoms with E-state index in [0.29, 0.717) is 22.6 Å². The van der Waals surface area contributed by atoms with Gasteiger partial charge in [0.2, 0.25) is 5.88 Å². The van der Waals surface area contributed by atoms with Crippen molar-refractivity contribution in [3.63, 3.8) is 0 Å². The third-order valence-electron chi connectivity index (χ3n) is 2.67. The van der Waals surface area contributed by atoms with Crippen LogP contribution in [0.1, 0.15) is 32.2 Å². The topological polar surface area (TPSA) is 55.2 Å². The Balaban J connectivity index is 2.26. The Labute approximate surface area is 123 Å². The first-order valence-corrected chi connectivity index (χ1v) is 6.69. The second-order valence-electron chi connectivity index (χ2n) is 5.51. The van der Waals surface area contributed by atoms with Gasteiger partial charge in [0.15, 0.2) is 0 Å². The Hall–Kier alpha value is -1.65. The molecule has 20 heavy (non-hydrogen) atoms. The summed E-state index contributed by atoms with van der Waals surface area (Å²) in [6.07, 6.45) is 0. The van der Waals surface area contributed by atoms with Gasteiger partial charge in [-0.3, -0.25) is 0 Å². The molecule has 2 aromatic rings. The van der Waals surface area contributed by atoms with E-state index in [-0.39, 0.29) is 12.0 Å². The van der Waals surface area contributed by atoms with E-state index in [9.17, 15) is 0 Å². The number of aliphatic hydroxyl groups is 1. The summed E-state index contributed by atoms with van der Waals surface area (Å²) in [6.45, 7) is 6.04. The highest BCUT2D eigenvalue weighted by atomic mass is 35.5. The van der Waals surface area contributed by atoms with Crippen LogP contribution >= 0.6 is 11.6 Å². The van der Waals surface area contributed by atoms with Crippen LogP contribution in [0.25, 0.3) is 0 Å². The summed E-state index contributed by atoms with van der Waals surface area (Å²) < 4.78 is 5.68. The van der Waals surface area contributed by atoms with E-state index < -0.39 is 0 Å². The van der Waals surface area contributed by atoms with E-state index in [1.54, 1.807) is 30.3 Å². The van der Waals surface area contributed by atoms with Gasteiger partial charge < -0.3 is 9.84 Å². The molecule has 0 atom stereocenters. The molecule has 4 nitrogen and oxygen atoms in total. The van der Waals surface area contributed by atoms with E-state index in [1.165, 1.54) is 0 Å². The lowest BCUT2D eigenvalue weighted by Gasteiger charge is -2.17. The highest BCUT2D eigenvalue weighted by Crippen LogP contribution is 2.26. The molecular formula is C15H17ClN2O2. The summed E-state index contributed by atoms with van der Waals surface area (Å²) >= 11 is 6.01. The standard InChI is InChI=1S/C15H17ClN2O2/c1-15(2,3)14-17-12(16)8-13(18-14)20-11-6-4-10(9-19)5-7-11/h4-8,19H,9H2,1-3H3. The molecular weight excluding hydrogens is 276 g/mol. The Bertz CT molecular complexity index is 592. The fraction of sp³-hybridized carbons (Fsp3) is 0.333. The molecule has 0 spiro atoms. The molecule has 0 aliphatic carbocycles. The summed E-state index contributed by atoms with van der Waals surface area (Å²) in [7, 11) is 0. The van der Waals surface area contributed by atoms with Gasteiger partial charge in [-0.25, -0.2) is 4.98 Å². The van der Waals surface area contributed by atoms with E-state index in [2.05, 4.69) is 9.97 Å². The summed E-state index contributed by atoms with van der Waals surface area (Å²) in [5.41, 5.74) is 0.623. The van der Waals surface area contributed by atoms with Gasteiger partial charge in [0.1, 0.15) is 16.7 Å². The Morgan fingerprint density at radius 1 is 1.15 bits per heavy atom. The predicted molar refractivity (Wildman–Crippen MR) is 78.2 cm³/mol. The number of benzene rings is 1. The lowest BCUT2D eigenvalue weighted by molar-refractivity contribution is 0.281. The van der Waals surface area contributed by atoms with Gasteiger partial charge in [0, 0.05) is 11.5 Å². The SMILES string of the molecule is CC(C)(C)c1nc(Cl)cc(Oc2ccc(CO)cc2)n1. The molecule has 0 fully saturated rings. The van der Waals surface area contributed by atoms with Gasteiger partial charge in [-0.05, 0) is 17.7 Å². The van der Waals surface area contributed by atoms with Crippen molar-refractivity contribution < 1.29 is 9.84 Å². The number of hydrogen-bond acceptors (Lipinski definition) is 4. The summed E-state index contributed by atoms with van der Waals surface area (Å²) in [5.74, 6) is 1.68. The molecule has 0 unspecified atom stereocenters. The molecule has 1 N–H and O–H groups in total. The van der Waals surface area contributed by atoms with Crippen molar-refractivity contribution in [3.05, 3.63) is 46.9 Å². The van der Waals surface area contributed by atoms with Crippen LogP contribution in [0.5, 0.6) is 11.6 Å². The first-order valence-electron chi connectivity index (χ1n) is 6.31. The largest absolute Gasteiger partial charge is 0.439 e. The number of aromatic nitrogens is 2. The maximum Gasteiger partial charge on any atom is 0.224 e. The highest BCUT2D eigenvalue weighted by molar-refractivity contribution is 6.29. The van der Waals surface area contributed by atoms with Crippen molar-refractivity contribution >= 4 is 11.6 Å². The van der Waals surface area contributed by atoms with Crippen molar-refractivity contribution in [1.82, 2.24) is 9.97 Å². The maximum absolute atomic E-state index is 9.00. The molecule has 0 saturated carbocycles. The van der Waals surface area contributed by atoms with Gasteiger partial charge in [0.05, 0.1) is 6.61 Å². The van der Waals surface area contributed by atoms with Crippen molar-refractivity contribution in [1.29, 1.82) is 0 Å². The normalized spacial score (nSPS) is 11.4. The van der Waals surface area contributed by atoms with Gasteiger partial charge in [-0.1, -0.05) is 44.5 Å². The fourth-order valence-corrected chi connectivity index (χ4v) is 1.74. The lowest BCUT2D eigenvalue weighted by atomic mass is 9.96. The molecule has 0 amide bonds. The molecule has 0 aliphatic rings. The Morgan fingerprint density at radius 3 is 2.35 bits per heavy atom. The van der Waals surface area contributed by atoms with Crippen LogP contribution in [0.2, 0.25) is 5.15 Å². The number of nitrogens with zero attached hydrogens (tertiary/aromatic N) is 2. The maximum atomic E-state index is 9.00. The molecule has 1 heterocycles. The minimum absolute atomic E-state index is 0.00773. The second kappa shape index (κ2) is 5.77. The molecule has 1 aromatic heterocycles. The smallest absolute Gasteiger partial charge is 0.224 e. The number of halogens is 1. The first kappa shape index (κ1) is 14.8. The second-order valence-corrected chi connectivity index (χ2v) is 5.89. The van der Waals surface area contributed by atoms with Gasteiger partial charge in [-0.15, -0.1) is 0 Å². The van der Waals surface area contributed by atoms with Gasteiger partial charge in [-0.2, -0.15) is 4.98 Å². The van der Waals surface area contributed by atoms with E-state index >= 15 is 0 Å². The van der Waals surface area contributed by atoms with Gasteiger partial charge >= 0.3 is 0 Å². The molecule has 0 aliphatic heterocycles. The van der Waals surface area contributed by atoms with E-state index in [4.69, 9.17) is 21.4 Å². The van der Waals surface area contributed by atoms with E-state index in [1.807, 2.05) is 20.8 Å². The molecule has 0 saturated heterocycles. The number of rotatable bonds is 3. The Morgan fingerprint density at radius 2 is 1.80 bits per heavy atom. The third-order valence-corrected chi connectivity index (χ3v) is 2.86. The van der Waals surface area contributed by atoms with Crippen LogP contribution in [0.3, 0.4) is 0 Å².